The summed E-state index contributed by atoms with van der Waals surface area (Å²) in [6, 6.07) is 3.42. The van der Waals surface area contributed by atoms with E-state index in [1.807, 2.05) is 11.8 Å². The number of aromatic hydroxyl groups is 2. The molecule has 5 N–H and O–H groups in total. The maximum Gasteiger partial charge on any atom is 0.352 e. The highest BCUT2D eigenvalue weighted by Crippen LogP contribution is 2.47. The van der Waals surface area contributed by atoms with Gasteiger partial charge in [-0.3, -0.25) is 9.59 Å². The van der Waals surface area contributed by atoms with Crippen LogP contribution in [0.5, 0.6) is 11.5 Å². The third-order valence-electron chi connectivity index (χ3n) is 5.97. The van der Waals surface area contributed by atoms with E-state index in [1.54, 1.807) is 7.05 Å². The Bertz CT molecular complexity index is 943. The highest BCUT2D eigenvalue weighted by molar-refractivity contribution is 6.00. The van der Waals surface area contributed by atoms with Gasteiger partial charge in [0.25, 0.3) is 5.91 Å². The number of hydrogen-bond acceptors (Lipinski definition) is 7. The molecule has 0 spiro atoms. The number of phenolic OH excluding ortho intramolecular Hbond substituents is 2. The van der Waals surface area contributed by atoms with Crippen molar-refractivity contribution in [3.05, 3.63) is 35.0 Å². The third-order valence-corrected chi connectivity index (χ3v) is 5.97. The quantitative estimate of drug-likeness (QED) is 0.283. The molecule has 0 radical (unpaired) electrons. The van der Waals surface area contributed by atoms with E-state index in [4.69, 9.17) is 0 Å². The first-order chi connectivity index (χ1) is 14.5. The van der Waals surface area contributed by atoms with Gasteiger partial charge < -0.3 is 35.5 Å². The fraction of sp³-hybridized carbons (Fsp3) is 0.476. The number of aliphatic hydroxyl groups is 1. The lowest BCUT2D eigenvalue weighted by atomic mass is 9.77. The van der Waals surface area contributed by atoms with Crippen molar-refractivity contribution in [3.8, 4) is 11.5 Å². The number of hydrogen-bond donors (Lipinski definition) is 5. The number of carboxylic acid groups (broad SMARTS) is 1. The number of amides is 2. The molecule has 10 heteroatoms. The minimum absolute atomic E-state index is 0.0187. The molecule has 168 valence electrons. The monoisotopic (exact) mass is 433 g/mol. The smallest absolute Gasteiger partial charge is 0.352 e. The fourth-order valence-electron chi connectivity index (χ4n) is 4.35. The standard InChI is InChI=1S/C21H27N3O7/c1-10-13(18(21(30)31)24-17(10)16(11(2)25)20(24)29)9-23(3)7-6-22-19(28)12-4-5-14(26)15(27)8-12/h4-5,8,10-11,16-17,25-27H,6-7,9H2,1-3H3,(H,22,28)(H,30,31)/t10-,11+,16+,17+/m0/s1. The Morgan fingerprint density at radius 2 is 1.94 bits per heavy atom. The number of nitrogens with one attached hydrogen (secondary N) is 1. The number of aliphatic carboxylic acids is 1. The summed E-state index contributed by atoms with van der Waals surface area (Å²) in [7, 11) is 1.78. The number of carbonyl (C=O) groups is 3. The summed E-state index contributed by atoms with van der Waals surface area (Å²) in [5, 5.41) is 41.1. The van der Waals surface area contributed by atoms with Crippen LogP contribution in [0.2, 0.25) is 0 Å². The highest BCUT2D eigenvalue weighted by Gasteiger charge is 2.59. The topological polar surface area (TPSA) is 151 Å². The van der Waals surface area contributed by atoms with Crippen LogP contribution in [0, 0.1) is 11.8 Å². The molecule has 1 fully saturated rings. The van der Waals surface area contributed by atoms with Crippen molar-refractivity contribution in [1.29, 1.82) is 0 Å². The molecule has 0 bridgehead atoms. The molecule has 2 amide bonds. The predicted octanol–water partition coefficient (Wildman–Crippen LogP) is -0.0444. The number of β-lactam (4-membered cyclic amide) rings is 1. The van der Waals surface area contributed by atoms with E-state index in [0.29, 0.717) is 18.7 Å². The molecular formula is C21H27N3O7. The molecule has 1 aromatic rings. The van der Waals surface area contributed by atoms with E-state index in [-0.39, 0.29) is 47.2 Å². The van der Waals surface area contributed by atoms with E-state index in [9.17, 15) is 34.8 Å². The van der Waals surface area contributed by atoms with Crippen molar-refractivity contribution in [3.63, 3.8) is 0 Å². The predicted molar refractivity (Wildman–Crippen MR) is 109 cm³/mol. The molecule has 2 aliphatic heterocycles. The van der Waals surface area contributed by atoms with E-state index in [2.05, 4.69) is 5.32 Å². The lowest BCUT2D eigenvalue weighted by Gasteiger charge is -2.46. The molecule has 2 aliphatic rings. The van der Waals surface area contributed by atoms with Crippen LogP contribution >= 0.6 is 0 Å². The zero-order chi connectivity index (χ0) is 23.0. The zero-order valence-corrected chi connectivity index (χ0v) is 17.6. The van der Waals surface area contributed by atoms with Crippen LogP contribution in [-0.2, 0) is 9.59 Å². The van der Waals surface area contributed by atoms with Crippen molar-refractivity contribution < 1.29 is 34.8 Å². The summed E-state index contributed by atoms with van der Waals surface area (Å²) >= 11 is 0. The number of likely N-dealkylation sites (N-methyl/N-ethyl adjacent to an activating group) is 1. The SMILES string of the molecule is C[C@@H](O)[C@H]1C(=O)N2C(C(=O)O)=C(CN(C)CCNC(=O)c3ccc(O)c(O)c3)[C@H](C)[C@H]12. The molecule has 31 heavy (non-hydrogen) atoms. The normalized spacial score (nSPS) is 23.6. The summed E-state index contributed by atoms with van der Waals surface area (Å²) in [5.74, 6) is -3.47. The number of carbonyl (C=O) groups excluding carboxylic acids is 2. The average Bonchev–Trinajstić information content (AvgIpc) is 2.92. The minimum atomic E-state index is -1.17. The maximum absolute atomic E-state index is 12.4. The molecule has 10 nitrogen and oxygen atoms in total. The third kappa shape index (κ3) is 4.08. The molecule has 0 unspecified atom stereocenters. The molecule has 4 atom stereocenters. The number of aliphatic hydroxyl groups excluding tert-OH is 1. The van der Waals surface area contributed by atoms with Gasteiger partial charge in [-0.2, -0.15) is 0 Å². The van der Waals surface area contributed by atoms with Gasteiger partial charge in [0.05, 0.1) is 18.1 Å². The number of fused-ring (bicyclic) bond motifs is 1. The Kier molecular flexibility index (Phi) is 6.23. The molecule has 0 saturated carbocycles. The summed E-state index contributed by atoms with van der Waals surface area (Å²) in [5.41, 5.74) is 0.798. The Morgan fingerprint density at radius 3 is 2.52 bits per heavy atom. The van der Waals surface area contributed by atoms with Gasteiger partial charge in [0.1, 0.15) is 5.70 Å². The second kappa shape index (κ2) is 8.56. The first-order valence-electron chi connectivity index (χ1n) is 10.0. The second-order valence-corrected chi connectivity index (χ2v) is 8.13. The Morgan fingerprint density at radius 1 is 1.26 bits per heavy atom. The van der Waals surface area contributed by atoms with Crippen molar-refractivity contribution in [2.24, 2.45) is 11.8 Å². The van der Waals surface area contributed by atoms with Crippen LogP contribution in [0.25, 0.3) is 0 Å². The van der Waals surface area contributed by atoms with Crippen molar-refractivity contribution >= 4 is 17.8 Å². The second-order valence-electron chi connectivity index (χ2n) is 8.13. The fourth-order valence-corrected chi connectivity index (χ4v) is 4.35. The van der Waals surface area contributed by atoms with Crippen molar-refractivity contribution in [2.75, 3.05) is 26.7 Å². The Balaban J connectivity index is 1.61. The molecule has 1 saturated heterocycles. The number of benzene rings is 1. The average molecular weight is 433 g/mol. The van der Waals surface area contributed by atoms with Gasteiger partial charge in [-0.1, -0.05) is 6.92 Å². The molecule has 1 aromatic carbocycles. The molecule has 2 heterocycles. The summed E-state index contributed by atoms with van der Waals surface area (Å²) in [6.45, 7) is 4.37. The van der Waals surface area contributed by atoms with Gasteiger partial charge >= 0.3 is 5.97 Å². The minimum Gasteiger partial charge on any atom is -0.504 e. The van der Waals surface area contributed by atoms with Gasteiger partial charge in [-0.25, -0.2) is 4.79 Å². The largest absolute Gasteiger partial charge is 0.504 e. The Labute approximate surface area is 179 Å². The summed E-state index contributed by atoms with van der Waals surface area (Å²) in [4.78, 5) is 39.5. The van der Waals surface area contributed by atoms with Gasteiger partial charge in [0.2, 0.25) is 5.91 Å². The number of rotatable bonds is 8. The van der Waals surface area contributed by atoms with Gasteiger partial charge in [-0.05, 0) is 37.7 Å². The van der Waals surface area contributed by atoms with E-state index in [1.165, 1.54) is 30.0 Å². The maximum atomic E-state index is 12.4. The number of carboxylic acids is 1. The lowest BCUT2D eigenvalue weighted by molar-refractivity contribution is -0.163. The van der Waals surface area contributed by atoms with Crippen LogP contribution < -0.4 is 5.32 Å². The van der Waals surface area contributed by atoms with Crippen LogP contribution in [0.1, 0.15) is 24.2 Å². The highest BCUT2D eigenvalue weighted by atomic mass is 16.4. The van der Waals surface area contributed by atoms with E-state index >= 15 is 0 Å². The van der Waals surface area contributed by atoms with Gasteiger partial charge in [0.15, 0.2) is 11.5 Å². The van der Waals surface area contributed by atoms with Gasteiger partial charge in [0, 0.05) is 31.1 Å². The Hall–Kier alpha value is -3.11. The number of nitrogens with zero attached hydrogens (tertiary/aromatic N) is 2. The van der Waals surface area contributed by atoms with Crippen LogP contribution in [0.3, 0.4) is 0 Å². The van der Waals surface area contributed by atoms with Crippen molar-refractivity contribution in [1.82, 2.24) is 15.1 Å². The van der Waals surface area contributed by atoms with Crippen LogP contribution in [0.15, 0.2) is 29.5 Å². The molecule has 0 aliphatic carbocycles. The molecule has 3 rings (SSSR count). The van der Waals surface area contributed by atoms with Crippen molar-refractivity contribution in [2.45, 2.75) is 26.0 Å². The molecule has 0 aromatic heterocycles. The molecular weight excluding hydrogens is 406 g/mol. The first kappa shape index (κ1) is 22.6. The van der Waals surface area contributed by atoms with Gasteiger partial charge in [-0.15, -0.1) is 0 Å². The zero-order valence-electron chi connectivity index (χ0n) is 17.6. The van der Waals surface area contributed by atoms with E-state index in [0.717, 1.165) is 0 Å². The van der Waals surface area contributed by atoms with Crippen LogP contribution in [-0.4, -0.2) is 86.8 Å². The summed E-state index contributed by atoms with van der Waals surface area (Å²) in [6.07, 6.45) is -0.849. The lowest BCUT2D eigenvalue weighted by Crippen LogP contribution is -2.63. The van der Waals surface area contributed by atoms with E-state index < -0.39 is 23.9 Å². The number of phenols is 2. The van der Waals surface area contributed by atoms with Crippen LogP contribution in [0.4, 0.5) is 0 Å². The summed E-state index contributed by atoms with van der Waals surface area (Å²) < 4.78 is 0. The first-order valence-corrected chi connectivity index (χ1v) is 10.0.